The number of likely N-dealkylation sites (tertiary alicyclic amines) is 1. The second kappa shape index (κ2) is 7.74. The van der Waals surface area contributed by atoms with Crippen molar-refractivity contribution in [2.75, 3.05) is 31.1 Å². The molecule has 2 aromatic carbocycles. The Labute approximate surface area is 187 Å². The minimum absolute atomic E-state index is 0.323. The van der Waals surface area contributed by atoms with Gasteiger partial charge in [-0.05, 0) is 54.5 Å². The third-order valence-electron chi connectivity index (χ3n) is 6.64. The van der Waals surface area contributed by atoms with Gasteiger partial charge in [-0.3, -0.25) is 9.69 Å². The van der Waals surface area contributed by atoms with E-state index in [9.17, 15) is 4.79 Å². The number of hydrogen-bond acceptors (Lipinski definition) is 4. The van der Waals surface area contributed by atoms with Crippen molar-refractivity contribution in [3.05, 3.63) is 63.1 Å². The van der Waals surface area contributed by atoms with Crippen LogP contribution in [0.15, 0.2) is 36.4 Å². The molecule has 6 heteroatoms. The van der Waals surface area contributed by atoms with Crippen LogP contribution >= 0.6 is 23.2 Å². The Morgan fingerprint density at radius 2 is 1.80 bits per heavy atom. The first-order valence-corrected chi connectivity index (χ1v) is 11.4. The molecule has 1 aliphatic carbocycles. The molecule has 2 heterocycles. The number of halogens is 2. The predicted molar refractivity (Wildman–Crippen MR) is 121 cm³/mol. The highest BCUT2D eigenvalue weighted by Gasteiger charge is 2.41. The van der Waals surface area contributed by atoms with Gasteiger partial charge in [0, 0.05) is 38.6 Å². The number of rotatable bonds is 7. The van der Waals surface area contributed by atoms with Gasteiger partial charge in [0.15, 0.2) is 0 Å². The second-order valence-corrected chi connectivity index (χ2v) is 10.0. The highest BCUT2D eigenvalue weighted by Crippen LogP contribution is 2.45. The lowest BCUT2D eigenvalue weighted by atomic mass is 9.87. The lowest BCUT2D eigenvalue weighted by Crippen LogP contribution is -2.60. The van der Waals surface area contributed by atoms with Crippen molar-refractivity contribution in [2.45, 2.75) is 43.7 Å². The summed E-state index contributed by atoms with van der Waals surface area (Å²) in [6, 6.07) is 12.7. The van der Waals surface area contributed by atoms with Crippen molar-refractivity contribution < 1.29 is 9.53 Å². The largest absolute Gasteiger partial charge is 0.459 e. The first-order chi connectivity index (χ1) is 14.5. The van der Waals surface area contributed by atoms with Crippen LogP contribution in [0.3, 0.4) is 0 Å². The van der Waals surface area contributed by atoms with Crippen LogP contribution in [-0.2, 0) is 16.1 Å². The van der Waals surface area contributed by atoms with E-state index in [1.54, 1.807) is 0 Å². The summed E-state index contributed by atoms with van der Waals surface area (Å²) < 4.78 is 5.21. The Balaban J connectivity index is 1.27. The average Bonchev–Trinajstić information content (AvgIpc) is 3.48. The first-order valence-electron chi connectivity index (χ1n) is 10.6. The molecule has 2 aromatic rings. The van der Waals surface area contributed by atoms with Gasteiger partial charge in [0.05, 0.1) is 15.7 Å². The van der Waals surface area contributed by atoms with E-state index in [-0.39, 0.29) is 5.60 Å². The summed E-state index contributed by atoms with van der Waals surface area (Å²) >= 11 is 12.8. The van der Waals surface area contributed by atoms with E-state index in [0.29, 0.717) is 18.3 Å². The molecular formula is C24H26Cl2N2O2. The van der Waals surface area contributed by atoms with Crippen LogP contribution < -0.4 is 4.90 Å². The Hall–Kier alpha value is -1.75. The third kappa shape index (κ3) is 3.81. The fourth-order valence-corrected chi connectivity index (χ4v) is 5.53. The number of carbonyl (C=O) groups is 1. The molecule has 5 rings (SSSR count). The van der Waals surface area contributed by atoms with Gasteiger partial charge >= 0.3 is 0 Å². The van der Waals surface area contributed by atoms with Crippen molar-refractivity contribution in [3.63, 3.8) is 0 Å². The zero-order valence-electron chi connectivity index (χ0n) is 17.1. The number of ether oxygens (including phenoxy) is 1. The minimum atomic E-state index is -0.323. The predicted octanol–water partition coefficient (Wildman–Crippen LogP) is 5.22. The van der Waals surface area contributed by atoms with E-state index in [4.69, 9.17) is 27.9 Å². The number of carbonyl (C=O) groups excluding carboxylic acids is 1. The molecule has 0 spiro atoms. The summed E-state index contributed by atoms with van der Waals surface area (Å²) in [5.41, 5.74) is 4.97. The normalized spacial score (nSPS) is 21.1. The molecule has 4 nitrogen and oxygen atoms in total. The van der Waals surface area contributed by atoms with Crippen LogP contribution in [-0.4, -0.2) is 43.2 Å². The van der Waals surface area contributed by atoms with Crippen molar-refractivity contribution in [1.29, 1.82) is 0 Å². The Morgan fingerprint density at radius 1 is 1.10 bits per heavy atom. The van der Waals surface area contributed by atoms with E-state index in [2.05, 4.69) is 28.0 Å². The molecule has 30 heavy (non-hydrogen) atoms. The maximum Gasteiger partial charge on any atom is 0.293 e. The van der Waals surface area contributed by atoms with E-state index < -0.39 is 0 Å². The minimum Gasteiger partial charge on any atom is -0.459 e. The second-order valence-electron chi connectivity index (χ2n) is 9.21. The van der Waals surface area contributed by atoms with Gasteiger partial charge in [-0.1, -0.05) is 47.5 Å². The maximum absolute atomic E-state index is 10.7. The van der Waals surface area contributed by atoms with Gasteiger partial charge in [0.1, 0.15) is 5.60 Å². The molecule has 0 aromatic heterocycles. The molecule has 3 fully saturated rings. The molecule has 2 saturated heterocycles. The number of hydrogen-bond donors (Lipinski definition) is 0. The van der Waals surface area contributed by atoms with Crippen LogP contribution in [0.1, 0.15) is 48.3 Å². The zero-order valence-corrected chi connectivity index (χ0v) is 18.6. The van der Waals surface area contributed by atoms with E-state index in [1.807, 2.05) is 25.1 Å². The smallest absolute Gasteiger partial charge is 0.293 e. The van der Waals surface area contributed by atoms with Gasteiger partial charge in [-0.2, -0.15) is 0 Å². The van der Waals surface area contributed by atoms with Crippen LogP contribution in [0.4, 0.5) is 5.69 Å². The van der Waals surface area contributed by atoms with E-state index in [1.165, 1.54) is 29.5 Å². The van der Waals surface area contributed by atoms with E-state index in [0.717, 1.165) is 48.5 Å². The van der Waals surface area contributed by atoms with Gasteiger partial charge in [-0.15, -0.1) is 0 Å². The summed E-state index contributed by atoms with van der Waals surface area (Å²) in [7, 11) is 0. The fraction of sp³-hybridized carbons (Fsp3) is 0.458. The zero-order chi connectivity index (χ0) is 20.9. The van der Waals surface area contributed by atoms with Crippen molar-refractivity contribution in [1.82, 2.24) is 4.90 Å². The monoisotopic (exact) mass is 444 g/mol. The molecule has 0 atom stereocenters. The van der Waals surface area contributed by atoms with Crippen molar-refractivity contribution in [3.8, 4) is 0 Å². The highest BCUT2D eigenvalue weighted by atomic mass is 35.5. The molecule has 0 bridgehead atoms. The molecule has 2 aliphatic heterocycles. The number of para-hydroxylation sites is 1. The van der Waals surface area contributed by atoms with Gasteiger partial charge in [-0.25, -0.2) is 0 Å². The lowest BCUT2D eigenvalue weighted by molar-refractivity contribution is -0.161. The topological polar surface area (TPSA) is 32.8 Å². The number of benzene rings is 2. The summed E-state index contributed by atoms with van der Waals surface area (Å²) in [6.07, 6.45) is 2.57. The van der Waals surface area contributed by atoms with Crippen LogP contribution in [0.5, 0.6) is 0 Å². The van der Waals surface area contributed by atoms with Gasteiger partial charge < -0.3 is 9.64 Å². The number of nitrogens with zero attached hydrogens (tertiary/aromatic N) is 2. The SMILES string of the molecule is CC1(OC=O)CN(Cc2ccc(C3CN(c4c(Cl)cccc4Cl)C3)cc2C2CC2)C1. The Kier molecular flexibility index (Phi) is 5.20. The molecule has 1 saturated carbocycles. The fourth-order valence-electron chi connectivity index (χ4n) is 4.89. The van der Waals surface area contributed by atoms with Gasteiger partial charge in [0.25, 0.3) is 6.47 Å². The molecule has 0 unspecified atom stereocenters. The van der Waals surface area contributed by atoms with Crippen LogP contribution in [0.2, 0.25) is 10.0 Å². The average molecular weight is 445 g/mol. The van der Waals surface area contributed by atoms with Crippen LogP contribution in [0, 0.1) is 0 Å². The Morgan fingerprint density at radius 3 is 2.43 bits per heavy atom. The molecule has 158 valence electrons. The molecule has 0 N–H and O–H groups in total. The number of anilines is 1. The maximum atomic E-state index is 10.7. The lowest BCUT2D eigenvalue weighted by Gasteiger charge is -2.46. The highest BCUT2D eigenvalue weighted by molar-refractivity contribution is 6.39. The van der Waals surface area contributed by atoms with Crippen molar-refractivity contribution in [2.24, 2.45) is 0 Å². The van der Waals surface area contributed by atoms with Crippen LogP contribution in [0.25, 0.3) is 0 Å². The summed E-state index contributed by atoms with van der Waals surface area (Å²) in [5.74, 6) is 1.21. The third-order valence-corrected chi connectivity index (χ3v) is 7.25. The van der Waals surface area contributed by atoms with Crippen molar-refractivity contribution >= 4 is 35.4 Å². The first kappa shape index (κ1) is 20.2. The summed E-state index contributed by atoms with van der Waals surface area (Å²) in [4.78, 5) is 15.3. The molecular weight excluding hydrogens is 419 g/mol. The summed E-state index contributed by atoms with van der Waals surface area (Å²) in [5, 5.41) is 1.44. The quantitative estimate of drug-likeness (QED) is 0.547. The standard InChI is InChI=1S/C24H26Cl2N2O2/c1-24(30-15-29)13-27(14-24)10-18-8-7-17(9-20(18)16-5-6-16)19-11-28(12-19)23-21(25)3-2-4-22(23)26/h2-4,7-9,15-16,19H,5-6,10-14H2,1H3. The molecule has 3 aliphatic rings. The molecule has 0 radical (unpaired) electrons. The Bertz CT molecular complexity index is 943. The molecule has 0 amide bonds. The van der Waals surface area contributed by atoms with E-state index >= 15 is 0 Å². The van der Waals surface area contributed by atoms with Gasteiger partial charge in [0.2, 0.25) is 0 Å². The summed E-state index contributed by atoms with van der Waals surface area (Å²) in [6.45, 7) is 6.98.